The number of hydrogen-bond acceptors (Lipinski definition) is 9. The molecule has 0 aliphatic carbocycles. The van der Waals surface area contributed by atoms with Crippen LogP contribution in [0, 0.1) is 11.3 Å². The van der Waals surface area contributed by atoms with E-state index in [1.54, 1.807) is 26.8 Å². The molecule has 8 heterocycles. The van der Waals surface area contributed by atoms with Crippen molar-refractivity contribution in [1.82, 2.24) is 39.5 Å². The van der Waals surface area contributed by atoms with Crippen LogP contribution >= 0.6 is 85.5 Å². The number of nitrogens with one attached hydrogen (secondary N) is 4. The number of rotatable bonds is 10. The number of benzene rings is 8. The van der Waals surface area contributed by atoms with Crippen molar-refractivity contribution in [3.63, 3.8) is 0 Å². The van der Waals surface area contributed by atoms with E-state index < -0.39 is 0 Å². The molecule has 0 saturated carbocycles. The molecular formula is C83H76BrCl6N9O8. The second-order valence-electron chi connectivity index (χ2n) is 26.4. The van der Waals surface area contributed by atoms with Crippen molar-refractivity contribution >= 4 is 154 Å². The van der Waals surface area contributed by atoms with Crippen molar-refractivity contribution in [1.29, 1.82) is 5.26 Å². The van der Waals surface area contributed by atoms with Gasteiger partial charge < -0.3 is 38.9 Å². The Morgan fingerprint density at radius 2 is 0.710 bits per heavy atom. The summed E-state index contributed by atoms with van der Waals surface area (Å²) in [6.07, 6.45) is 4.11. The molecule has 550 valence electrons. The number of hydrogen-bond donors (Lipinski definition) is 4. The third-order valence-corrected chi connectivity index (χ3v) is 21.5. The van der Waals surface area contributed by atoms with Crippen molar-refractivity contribution in [2.75, 3.05) is 53.1 Å². The number of fused-ring (bicyclic) bond motifs is 12. The molecule has 17 nitrogen and oxygen atoms in total. The quantitative estimate of drug-likeness (QED) is 0.0960. The molecule has 8 aromatic carbocycles. The first-order valence-corrected chi connectivity index (χ1v) is 38.5. The Bertz CT molecular complexity index is 5160. The van der Waals surface area contributed by atoms with E-state index in [1.807, 2.05) is 177 Å². The van der Waals surface area contributed by atoms with Crippen molar-refractivity contribution in [2.45, 2.75) is 89.9 Å². The zero-order valence-corrected chi connectivity index (χ0v) is 65.1. The van der Waals surface area contributed by atoms with E-state index in [-0.39, 0.29) is 48.5 Å². The van der Waals surface area contributed by atoms with Gasteiger partial charge in [0.25, 0.3) is 0 Å². The molecule has 4 aliphatic heterocycles. The fourth-order valence-corrected chi connectivity index (χ4v) is 16.3. The molecule has 4 aromatic heterocycles. The lowest BCUT2D eigenvalue weighted by atomic mass is 9.92. The molecule has 4 N–H and O–H groups in total. The summed E-state index contributed by atoms with van der Waals surface area (Å²) in [6.45, 7) is 9.49. The molecule has 4 atom stereocenters. The molecule has 16 rings (SSSR count). The van der Waals surface area contributed by atoms with Gasteiger partial charge in [-0.05, 0) is 211 Å². The molecule has 0 saturated heterocycles. The van der Waals surface area contributed by atoms with E-state index in [1.165, 1.54) is 29.4 Å². The third-order valence-electron chi connectivity index (χ3n) is 19.6. The van der Waals surface area contributed by atoms with Crippen molar-refractivity contribution in [3.05, 3.63) is 277 Å². The average molecular weight is 1620 g/mol. The van der Waals surface area contributed by atoms with Crippen LogP contribution in [0.3, 0.4) is 0 Å². The van der Waals surface area contributed by atoms with E-state index in [9.17, 15) is 19.2 Å². The lowest BCUT2D eigenvalue weighted by Crippen LogP contribution is -2.41. The summed E-state index contributed by atoms with van der Waals surface area (Å²) in [7, 11) is 1.40. The third kappa shape index (κ3) is 16.3. The SMILES string of the molecule is CCCOC(=O)N1CCc2c([nH]c3ccc(Cl)cc23)C1c1ccc(C#N)cc1.CCCOC(=O)N1CCc2c([nH]c3ccc(Cl)cc23)C1c1cccc(Br)c1.CCCOC(=O)N1CCc2c([nH]c3ccc(Cl)cc23)C1c1cccc(Cl)c1.COC(=O)N1CCc2c([nH]c3ccc(Cl)cc23)C1c1ccc(Cl)cc1. The summed E-state index contributed by atoms with van der Waals surface area (Å²) in [5.41, 5.74) is 17.3. The summed E-state index contributed by atoms with van der Waals surface area (Å²) in [5.74, 6) is 0. The lowest BCUT2D eigenvalue weighted by Gasteiger charge is -2.35. The zero-order chi connectivity index (χ0) is 75.2. The minimum atomic E-state index is -0.345. The molecular weight excluding hydrogens is 1540 g/mol. The fourth-order valence-electron chi connectivity index (χ4n) is 14.9. The van der Waals surface area contributed by atoms with E-state index >= 15 is 0 Å². The molecule has 0 spiro atoms. The monoisotopic (exact) mass is 1620 g/mol. The summed E-state index contributed by atoms with van der Waals surface area (Å²) in [6, 6.07) is 55.0. The summed E-state index contributed by atoms with van der Waals surface area (Å²) < 4.78 is 22.3. The molecule has 4 aliphatic rings. The highest BCUT2D eigenvalue weighted by molar-refractivity contribution is 9.10. The highest BCUT2D eigenvalue weighted by Crippen LogP contribution is 2.45. The minimum Gasteiger partial charge on any atom is -0.453 e. The number of methoxy groups -OCH3 is 1. The second-order valence-corrected chi connectivity index (χ2v) is 30.0. The molecule has 0 fully saturated rings. The zero-order valence-electron chi connectivity index (χ0n) is 59.0. The lowest BCUT2D eigenvalue weighted by molar-refractivity contribution is 0.0882. The van der Waals surface area contributed by atoms with Gasteiger partial charge in [-0.3, -0.25) is 19.6 Å². The van der Waals surface area contributed by atoms with Gasteiger partial charge in [-0.15, -0.1) is 0 Å². The number of nitriles is 1. The molecule has 107 heavy (non-hydrogen) atoms. The van der Waals surface area contributed by atoms with Crippen LogP contribution in [-0.2, 0) is 44.6 Å². The normalized spacial score (nSPS) is 16.4. The maximum Gasteiger partial charge on any atom is 0.410 e. The number of nitrogens with zero attached hydrogens (tertiary/aromatic N) is 5. The first-order chi connectivity index (χ1) is 51.9. The van der Waals surface area contributed by atoms with Gasteiger partial charge in [-0.2, -0.15) is 5.26 Å². The summed E-state index contributed by atoms with van der Waals surface area (Å²) >= 11 is 40.6. The Morgan fingerprint density at radius 1 is 0.402 bits per heavy atom. The Kier molecular flexibility index (Phi) is 24.0. The van der Waals surface area contributed by atoms with Gasteiger partial charge in [0.2, 0.25) is 0 Å². The van der Waals surface area contributed by atoms with Gasteiger partial charge in [-0.1, -0.05) is 155 Å². The highest BCUT2D eigenvalue weighted by Gasteiger charge is 2.40. The smallest absolute Gasteiger partial charge is 0.410 e. The summed E-state index contributed by atoms with van der Waals surface area (Å²) in [4.78, 5) is 71.7. The number of ether oxygens (including phenoxy) is 4. The van der Waals surface area contributed by atoms with Gasteiger partial charge in [0.15, 0.2) is 0 Å². The molecule has 24 heteroatoms. The van der Waals surface area contributed by atoms with E-state index in [0.29, 0.717) is 81.7 Å². The van der Waals surface area contributed by atoms with Gasteiger partial charge in [-0.25, -0.2) is 19.2 Å². The Labute approximate surface area is 657 Å². The number of aromatic amines is 4. The van der Waals surface area contributed by atoms with Crippen molar-refractivity contribution < 1.29 is 38.1 Å². The van der Waals surface area contributed by atoms with E-state index in [2.05, 4.69) is 48.0 Å². The van der Waals surface area contributed by atoms with Crippen molar-refractivity contribution in [3.8, 4) is 6.07 Å². The second kappa shape index (κ2) is 33.9. The van der Waals surface area contributed by atoms with Crippen molar-refractivity contribution in [2.24, 2.45) is 0 Å². The highest BCUT2D eigenvalue weighted by atomic mass is 79.9. The maximum atomic E-state index is 12.8. The van der Waals surface area contributed by atoms with Crippen LogP contribution in [0.5, 0.6) is 0 Å². The number of aromatic nitrogens is 4. The molecule has 4 unspecified atom stereocenters. The largest absolute Gasteiger partial charge is 0.453 e. The van der Waals surface area contributed by atoms with Gasteiger partial charge in [0.1, 0.15) is 24.2 Å². The number of H-pyrrole nitrogens is 4. The number of carbonyl (C=O) groups is 4. The van der Waals surface area contributed by atoms with Gasteiger partial charge >= 0.3 is 24.4 Å². The Morgan fingerprint density at radius 3 is 1.04 bits per heavy atom. The number of amides is 4. The van der Waals surface area contributed by atoms with E-state index in [0.717, 1.165) is 138 Å². The van der Waals surface area contributed by atoms with Crippen LogP contribution in [0.2, 0.25) is 30.1 Å². The molecule has 0 radical (unpaired) electrons. The average Bonchev–Trinajstić information content (AvgIpc) is 1.64. The fraction of sp³-hybridized carbons (Fsp3) is 0.265. The molecule has 4 amide bonds. The van der Waals surface area contributed by atoms with Crippen LogP contribution in [0.4, 0.5) is 19.2 Å². The van der Waals surface area contributed by atoms with Crippen LogP contribution in [0.15, 0.2) is 174 Å². The first-order valence-electron chi connectivity index (χ1n) is 35.5. The van der Waals surface area contributed by atoms with Crippen LogP contribution < -0.4 is 0 Å². The Balaban J connectivity index is 0.000000126. The Hall–Kier alpha value is -9.29. The molecule has 12 aromatic rings. The maximum absolute atomic E-state index is 12.8. The first kappa shape index (κ1) is 75.9. The summed E-state index contributed by atoms with van der Waals surface area (Å²) in [5, 5.41) is 17.6. The predicted octanol–water partition coefficient (Wildman–Crippen LogP) is 22.4. The standard InChI is InChI=1S/C22H20ClN3O2.C21H20BrClN2O2.C21H20Cl2N2O2.C19H16Cl2N2O2/c1-2-11-28-22(27)26-10-9-17-18-12-16(23)7-8-19(18)25-20(17)21(26)15-5-3-14(13-24)4-6-15;2*1-2-10-27-21(26)25-9-8-16-17-12-15(23)6-7-18(17)24-19(16)20(25)13-4-3-5-14(22)11-13;1-25-19(24)23-9-8-14-15-10-13(21)6-7-16(15)22-17(14)18(23)11-2-4-12(20)5-3-11/h3-8,12,21,25H,2,9-11H2,1H3;2*3-7,11-12,20,24H,2,8-10H2,1H3;2-7,10,18,22H,8-9H2,1H3. The topological polar surface area (TPSA) is 205 Å². The van der Waals surface area contributed by atoms with Crippen LogP contribution in [0.1, 0.15) is 137 Å². The number of carbonyl (C=O) groups excluding carboxylic acids is 4. The predicted molar refractivity (Wildman–Crippen MR) is 428 cm³/mol. The minimum absolute atomic E-state index is 0.221. The van der Waals surface area contributed by atoms with Crippen LogP contribution in [-0.4, -0.2) is 117 Å². The van der Waals surface area contributed by atoms with Gasteiger partial charge in [0, 0.05) is 127 Å². The molecule has 0 bridgehead atoms. The van der Waals surface area contributed by atoms with Gasteiger partial charge in [0.05, 0.1) is 38.6 Å². The van der Waals surface area contributed by atoms with E-state index in [4.69, 9.17) is 93.8 Å². The van der Waals surface area contributed by atoms with Crippen LogP contribution in [0.25, 0.3) is 43.6 Å². The number of halogens is 7.